The van der Waals surface area contributed by atoms with Crippen molar-refractivity contribution in [2.75, 3.05) is 27.2 Å². The molecule has 0 radical (unpaired) electrons. The van der Waals surface area contributed by atoms with Crippen molar-refractivity contribution >= 4 is 21.6 Å². The molecule has 1 aromatic carbocycles. The van der Waals surface area contributed by atoms with Crippen LogP contribution in [0.25, 0.3) is 0 Å². The van der Waals surface area contributed by atoms with Gasteiger partial charge in [0.25, 0.3) is 5.69 Å². The van der Waals surface area contributed by atoms with Crippen molar-refractivity contribution in [3.8, 4) is 0 Å². The highest BCUT2D eigenvalue weighted by Crippen LogP contribution is 2.24. The van der Waals surface area contributed by atoms with Gasteiger partial charge < -0.3 is 10.2 Å². The lowest BCUT2D eigenvalue weighted by Gasteiger charge is -2.16. The summed E-state index contributed by atoms with van der Waals surface area (Å²) in [5.41, 5.74) is 0.896. The molecule has 6 heteroatoms. The van der Waals surface area contributed by atoms with Crippen LogP contribution < -0.4 is 5.32 Å². The molecule has 0 spiro atoms. The van der Waals surface area contributed by atoms with Gasteiger partial charge in [-0.05, 0) is 26.2 Å². The molecule has 5 nitrogen and oxygen atoms in total. The van der Waals surface area contributed by atoms with Gasteiger partial charge in [0.1, 0.15) is 0 Å². The Morgan fingerprint density at radius 3 is 2.82 bits per heavy atom. The number of nitro benzene ring substituents is 1. The SMILES string of the molecule is CNCCN(C)Cc1ccc(Br)cc1[N+](=O)[O-]. The van der Waals surface area contributed by atoms with E-state index in [0.717, 1.165) is 23.1 Å². The lowest BCUT2D eigenvalue weighted by molar-refractivity contribution is -0.385. The van der Waals surface area contributed by atoms with Crippen LogP contribution >= 0.6 is 15.9 Å². The highest BCUT2D eigenvalue weighted by molar-refractivity contribution is 9.10. The van der Waals surface area contributed by atoms with Crippen LogP contribution in [0.3, 0.4) is 0 Å². The second kappa shape index (κ2) is 6.68. The first-order valence-electron chi connectivity index (χ1n) is 5.30. The third kappa shape index (κ3) is 4.41. The second-order valence-electron chi connectivity index (χ2n) is 3.87. The Hall–Kier alpha value is -0.980. The molecule has 94 valence electrons. The Balaban J connectivity index is 2.79. The molecule has 0 saturated carbocycles. The third-order valence-electron chi connectivity index (χ3n) is 2.43. The highest BCUT2D eigenvalue weighted by atomic mass is 79.9. The van der Waals surface area contributed by atoms with E-state index in [2.05, 4.69) is 21.2 Å². The summed E-state index contributed by atoms with van der Waals surface area (Å²) >= 11 is 3.24. The number of nitrogens with one attached hydrogen (secondary N) is 1. The zero-order valence-corrected chi connectivity index (χ0v) is 11.5. The zero-order valence-electron chi connectivity index (χ0n) is 9.94. The van der Waals surface area contributed by atoms with Crippen molar-refractivity contribution in [1.82, 2.24) is 10.2 Å². The monoisotopic (exact) mass is 301 g/mol. The van der Waals surface area contributed by atoms with E-state index < -0.39 is 0 Å². The number of halogens is 1. The predicted octanol–water partition coefficient (Wildman–Crippen LogP) is 2.01. The second-order valence-corrected chi connectivity index (χ2v) is 4.79. The van der Waals surface area contributed by atoms with E-state index in [1.165, 1.54) is 0 Å². The van der Waals surface area contributed by atoms with E-state index in [9.17, 15) is 10.1 Å². The Morgan fingerprint density at radius 1 is 1.53 bits per heavy atom. The van der Waals surface area contributed by atoms with E-state index >= 15 is 0 Å². The zero-order chi connectivity index (χ0) is 12.8. The summed E-state index contributed by atoms with van der Waals surface area (Å²) in [6.07, 6.45) is 0. The molecule has 0 unspecified atom stereocenters. The fourth-order valence-electron chi connectivity index (χ4n) is 1.51. The average molecular weight is 302 g/mol. The van der Waals surface area contributed by atoms with Gasteiger partial charge in [-0.3, -0.25) is 10.1 Å². The summed E-state index contributed by atoms with van der Waals surface area (Å²) < 4.78 is 0.728. The van der Waals surface area contributed by atoms with Gasteiger partial charge in [-0.2, -0.15) is 0 Å². The van der Waals surface area contributed by atoms with Crippen molar-refractivity contribution in [3.05, 3.63) is 38.3 Å². The van der Waals surface area contributed by atoms with E-state index in [1.54, 1.807) is 12.1 Å². The van der Waals surface area contributed by atoms with Crippen molar-refractivity contribution in [1.29, 1.82) is 0 Å². The normalized spacial score (nSPS) is 10.8. The van der Waals surface area contributed by atoms with E-state index in [-0.39, 0.29) is 10.6 Å². The number of hydrogen-bond acceptors (Lipinski definition) is 4. The van der Waals surface area contributed by atoms with Crippen LogP contribution in [0.5, 0.6) is 0 Å². The van der Waals surface area contributed by atoms with Gasteiger partial charge in [0.2, 0.25) is 0 Å². The predicted molar refractivity (Wildman–Crippen MR) is 71.1 cm³/mol. The first kappa shape index (κ1) is 14.1. The van der Waals surface area contributed by atoms with Crippen molar-refractivity contribution in [2.24, 2.45) is 0 Å². The molecule has 0 aromatic heterocycles. The highest BCUT2D eigenvalue weighted by Gasteiger charge is 2.15. The number of hydrogen-bond donors (Lipinski definition) is 1. The quantitative estimate of drug-likeness (QED) is 0.645. The molecule has 0 saturated heterocycles. The molecule has 0 fully saturated rings. The van der Waals surface area contributed by atoms with Crippen LogP contribution in [0.2, 0.25) is 0 Å². The summed E-state index contributed by atoms with van der Waals surface area (Å²) in [6, 6.07) is 5.16. The molecule has 0 aliphatic rings. The van der Waals surface area contributed by atoms with Crippen LogP contribution in [0.15, 0.2) is 22.7 Å². The molecular formula is C11H16BrN3O2. The Kier molecular flexibility index (Phi) is 5.54. The molecule has 1 aromatic rings. The van der Waals surface area contributed by atoms with Crippen LogP contribution in [0.4, 0.5) is 5.69 Å². The minimum atomic E-state index is -0.341. The molecule has 0 bridgehead atoms. The summed E-state index contributed by atoms with van der Waals surface area (Å²) in [5.74, 6) is 0. The maximum absolute atomic E-state index is 10.9. The summed E-state index contributed by atoms with van der Waals surface area (Å²) in [6.45, 7) is 2.29. The van der Waals surface area contributed by atoms with Gasteiger partial charge >= 0.3 is 0 Å². The lowest BCUT2D eigenvalue weighted by Crippen LogP contribution is -2.27. The molecule has 0 aliphatic carbocycles. The van der Waals surface area contributed by atoms with Gasteiger partial charge in [0.05, 0.1) is 4.92 Å². The van der Waals surface area contributed by atoms with Gasteiger partial charge in [0, 0.05) is 35.7 Å². The minimum absolute atomic E-state index is 0.163. The van der Waals surface area contributed by atoms with Crippen molar-refractivity contribution in [2.45, 2.75) is 6.54 Å². The molecular weight excluding hydrogens is 286 g/mol. The van der Waals surface area contributed by atoms with E-state index in [4.69, 9.17) is 0 Å². The first-order valence-corrected chi connectivity index (χ1v) is 6.10. The fourth-order valence-corrected chi connectivity index (χ4v) is 1.86. The molecule has 0 aliphatic heterocycles. The maximum Gasteiger partial charge on any atom is 0.275 e. The van der Waals surface area contributed by atoms with Gasteiger partial charge in [-0.1, -0.05) is 15.9 Å². The van der Waals surface area contributed by atoms with Crippen molar-refractivity contribution in [3.63, 3.8) is 0 Å². The number of nitro groups is 1. The summed E-state index contributed by atoms with van der Waals surface area (Å²) in [4.78, 5) is 12.6. The molecule has 1 N–H and O–H groups in total. The minimum Gasteiger partial charge on any atom is -0.318 e. The Labute approximate surface area is 109 Å². The lowest BCUT2D eigenvalue weighted by atomic mass is 10.1. The topological polar surface area (TPSA) is 58.4 Å². The average Bonchev–Trinajstić information content (AvgIpc) is 2.28. The van der Waals surface area contributed by atoms with Gasteiger partial charge in [-0.15, -0.1) is 0 Å². The van der Waals surface area contributed by atoms with E-state index in [0.29, 0.717) is 6.54 Å². The maximum atomic E-state index is 10.9. The standard InChI is InChI=1S/C11H16BrN3O2/c1-13-5-6-14(2)8-9-3-4-10(12)7-11(9)15(16)17/h3-4,7,13H,5-6,8H2,1-2H3. The van der Waals surface area contributed by atoms with Crippen LogP contribution in [-0.2, 0) is 6.54 Å². The largest absolute Gasteiger partial charge is 0.318 e. The number of rotatable bonds is 6. The van der Waals surface area contributed by atoms with Gasteiger partial charge in [-0.25, -0.2) is 0 Å². The van der Waals surface area contributed by atoms with Crippen molar-refractivity contribution < 1.29 is 4.92 Å². The molecule has 1 rings (SSSR count). The van der Waals surface area contributed by atoms with Crippen LogP contribution in [-0.4, -0.2) is 37.0 Å². The summed E-state index contributed by atoms with van der Waals surface area (Å²) in [5, 5.41) is 14.0. The van der Waals surface area contributed by atoms with Crippen LogP contribution in [0, 0.1) is 10.1 Å². The number of likely N-dealkylation sites (N-methyl/N-ethyl adjacent to an activating group) is 2. The molecule has 0 atom stereocenters. The summed E-state index contributed by atoms with van der Waals surface area (Å²) in [7, 11) is 3.83. The van der Waals surface area contributed by atoms with Crippen LogP contribution in [0.1, 0.15) is 5.56 Å². The number of benzene rings is 1. The van der Waals surface area contributed by atoms with Gasteiger partial charge in [0.15, 0.2) is 0 Å². The Bertz CT molecular complexity index is 398. The molecule has 17 heavy (non-hydrogen) atoms. The number of nitrogens with zero attached hydrogens (tertiary/aromatic N) is 2. The molecule has 0 amide bonds. The molecule has 0 heterocycles. The third-order valence-corrected chi connectivity index (χ3v) is 2.92. The Morgan fingerprint density at radius 2 is 2.24 bits per heavy atom. The first-order chi connectivity index (χ1) is 8.04. The fraction of sp³-hybridized carbons (Fsp3) is 0.455. The smallest absolute Gasteiger partial charge is 0.275 e. The van der Waals surface area contributed by atoms with E-state index in [1.807, 2.05) is 25.1 Å².